The normalized spacial score (nSPS) is 10.5. The SMILES string of the molecule is CCNCc1ncnn1-c1ccccc1OC. The lowest BCUT2D eigenvalue weighted by Crippen LogP contribution is -2.16. The fourth-order valence-electron chi connectivity index (χ4n) is 1.63. The molecule has 0 saturated carbocycles. The fraction of sp³-hybridized carbons (Fsp3) is 0.333. The first-order valence-electron chi connectivity index (χ1n) is 5.59. The molecule has 0 aliphatic heterocycles. The molecule has 2 rings (SSSR count). The van der Waals surface area contributed by atoms with Gasteiger partial charge in [-0.2, -0.15) is 5.10 Å². The van der Waals surface area contributed by atoms with E-state index < -0.39 is 0 Å². The maximum atomic E-state index is 5.32. The van der Waals surface area contributed by atoms with E-state index in [0.29, 0.717) is 6.54 Å². The number of nitrogens with zero attached hydrogens (tertiary/aromatic N) is 3. The molecule has 5 nitrogen and oxygen atoms in total. The van der Waals surface area contributed by atoms with Gasteiger partial charge in [0.2, 0.25) is 0 Å². The van der Waals surface area contributed by atoms with Crippen molar-refractivity contribution in [1.29, 1.82) is 0 Å². The minimum atomic E-state index is 0.689. The molecule has 0 aliphatic carbocycles. The average Bonchev–Trinajstić information content (AvgIpc) is 2.84. The third kappa shape index (κ3) is 2.45. The van der Waals surface area contributed by atoms with Crippen LogP contribution in [0.4, 0.5) is 0 Å². The molecule has 0 unspecified atom stereocenters. The van der Waals surface area contributed by atoms with Gasteiger partial charge in [-0.15, -0.1) is 0 Å². The van der Waals surface area contributed by atoms with Gasteiger partial charge in [0.1, 0.15) is 23.6 Å². The largest absolute Gasteiger partial charge is 0.494 e. The third-order valence-electron chi connectivity index (χ3n) is 2.46. The Labute approximate surface area is 100 Å². The Morgan fingerprint density at radius 2 is 2.18 bits per heavy atom. The molecular weight excluding hydrogens is 216 g/mol. The second-order valence-electron chi connectivity index (χ2n) is 3.54. The van der Waals surface area contributed by atoms with E-state index in [4.69, 9.17) is 4.74 Å². The average molecular weight is 232 g/mol. The quantitative estimate of drug-likeness (QED) is 0.846. The molecule has 0 amide bonds. The Bertz CT molecular complexity index is 481. The fourth-order valence-corrected chi connectivity index (χ4v) is 1.63. The summed E-state index contributed by atoms with van der Waals surface area (Å²) in [4.78, 5) is 4.24. The molecule has 90 valence electrons. The van der Waals surface area contributed by atoms with E-state index in [1.165, 1.54) is 0 Å². The van der Waals surface area contributed by atoms with Gasteiger partial charge < -0.3 is 10.1 Å². The molecule has 0 aliphatic rings. The molecule has 17 heavy (non-hydrogen) atoms. The van der Waals surface area contributed by atoms with E-state index >= 15 is 0 Å². The predicted octanol–water partition coefficient (Wildman–Crippen LogP) is 1.39. The Kier molecular flexibility index (Phi) is 3.72. The standard InChI is InChI=1S/C12H16N4O/c1-3-13-8-12-14-9-15-16(12)10-6-4-5-7-11(10)17-2/h4-7,9,13H,3,8H2,1-2H3. The van der Waals surface area contributed by atoms with Crippen molar-refractivity contribution in [3.8, 4) is 11.4 Å². The molecule has 2 aromatic rings. The number of methoxy groups -OCH3 is 1. The van der Waals surface area contributed by atoms with E-state index in [2.05, 4.69) is 22.3 Å². The Hall–Kier alpha value is -1.88. The number of hydrogen-bond acceptors (Lipinski definition) is 4. The van der Waals surface area contributed by atoms with Crippen LogP contribution in [0.2, 0.25) is 0 Å². The highest BCUT2D eigenvalue weighted by Crippen LogP contribution is 2.21. The lowest BCUT2D eigenvalue weighted by molar-refractivity contribution is 0.411. The van der Waals surface area contributed by atoms with Crippen molar-refractivity contribution in [3.63, 3.8) is 0 Å². The molecule has 0 spiro atoms. The van der Waals surface area contributed by atoms with Crippen LogP contribution in [-0.4, -0.2) is 28.4 Å². The Morgan fingerprint density at radius 1 is 1.35 bits per heavy atom. The summed E-state index contributed by atoms with van der Waals surface area (Å²) in [5, 5.41) is 7.47. The van der Waals surface area contributed by atoms with Crippen LogP contribution in [0.3, 0.4) is 0 Å². The molecular formula is C12H16N4O. The summed E-state index contributed by atoms with van der Waals surface area (Å²) in [6, 6.07) is 7.76. The van der Waals surface area contributed by atoms with Crippen molar-refractivity contribution in [3.05, 3.63) is 36.4 Å². The molecule has 0 atom stereocenters. The number of nitrogens with one attached hydrogen (secondary N) is 1. The molecule has 0 bridgehead atoms. The summed E-state index contributed by atoms with van der Waals surface area (Å²) >= 11 is 0. The summed E-state index contributed by atoms with van der Waals surface area (Å²) in [6.07, 6.45) is 1.55. The first-order chi connectivity index (χ1) is 8.36. The second kappa shape index (κ2) is 5.45. The lowest BCUT2D eigenvalue weighted by Gasteiger charge is -2.10. The molecule has 5 heteroatoms. The molecule has 1 N–H and O–H groups in total. The Morgan fingerprint density at radius 3 is 2.94 bits per heavy atom. The van der Waals surface area contributed by atoms with Crippen LogP contribution in [0.5, 0.6) is 5.75 Å². The van der Waals surface area contributed by atoms with E-state index in [-0.39, 0.29) is 0 Å². The zero-order chi connectivity index (χ0) is 12.1. The van der Waals surface area contributed by atoms with Gasteiger partial charge in [0.15, 0.2) is 0 Å². The highest BCUT2D eigenvalue weighted by molar-refractivity contribution is 5.46. The summed E-state index contributed by atoms with van der Waals surface area (Å²) in [5.74, 6) is 1.66. The summed E-state index contributed by atoms with van der Waals surface area (Å²) < 4.78 is 7.11. The minimum absolute atomic E-state index is 0.689. The lowest BCUT2D eigenvalue weighted by atomic mass is 10.3. The zero-order valence-electron chi connectivity index (χ0n) is 10.1. The van der Waals surface area contributed by atoms with E-state index in [1.807, 2.05) is 24.3 Å². The molecule has 0 fully saturated rings. The highest BCUT2D eigenvalue weighted by atomic mass is 16.5. The number of benzene rings is 1. The van der Waals surface area contributed by atoms with Crippen molar-refractivity contribution in [2.45, 2.75) is 13.5 Å². The Balaban J connectivity index is 2.35. The molecule has 0 radical (unpaired) electrons. The van der Waals surface area contributed by atoms with E-state index in [1.54, 1.807) is 18.1 Å². The van der Waals surface area contributed by atoms with Crippen molar-refractivity contribution < 1.29 is 4.74 Å². The van der Waals surface area contributed by atoms with Gasteiger partial charge in [0, 0.05) is 0 Å². The van der Waals surface area contributed by atoms with Crippen LogP contribution in [-0.2, 0) is 6.54 Å². The van der Waals surface area contributed by atoms with Gasteiger partial charge in [-0.1, -0.05) is 19.1 Å². The van der Waals surface area contributed by atoms with Crippen molar-refractivity contribution >= 4 is 0 Å². The summed E-state index contributed by atoms with van der Waals surface area (Å²) in [7, 11) is 1.65. The third-order valence-corrected chi connectivity index (χ3v) is 2.46. The van der Waals surface area contributed by atoms with Crippen molar-refractivity contribution in [2.24, 2.45) is 0 Å². The number of hydrogen-bond donors (Lipinski definition) is 1. The first kappa shape index (κ1) is 11.6. The molecule has 1 aromatic heterocycles. The maximum absolute atomic E-state index is 5.32. The zero-order valence-corrected chi connectivity index (χ0v) is 10.1. The maximum Gasteiger partial charge on any atom is 0.146 e. The van der Waals surface area contributed by atoms with Crippen LogP contribution < -0.4 is 10.1 Å². The number of aromatic nitrogens is 3. The van der Waals surface area contributed by atoms with Gasteiger partial charge in [-0.3, -0.25) is 0 Å². The smallest absolute Gasteiger partial charge is 0.146 e. The molecule has 1 aromatic carbocycles. The molecule has 0 saturated heterocycles. The number of ether oxygens (including phenoxy) is 1. The summed E-state index contributed by atoms with van der Waals surface area (Å²) in [6.45, 7) is 3.65. The minimum Gasteiger partial charge on any atom is -0.494 e. The van der Waals surface area contributed by atoms with Gasteiger partial charge >= 0.3 is 0 Å². The first-order valence-corrected chi connectivity index (χ1v) is 5.59. The van der Waals surface area contributed by atoms with Crippen molar-refractivity contribution in [1.82, 2.24) is 20.1 Å². The highest BCUT2D eigenvalue weighted by Gasteiger charge is 2.09. The number of rotatable bonds is 5. The van der Waals surface area contributed by atoms with Gasteiger partial charge in [0.25, 0.3) is 0 Å². The van der Waals surface area contributed by atoms with Crippen LogP contribution in [0.1, 0.15) is 12.7 Å². The van der Waals surface area contributed by atoms with Crippen LogP contribution in [0, 0.1) is 0 Å². The van der Waals surface area contributed by atoms with Gasteiger partial charge in [0.05, 0.1) is 13.7 Å². The predicted molar refractivity (Wildman–Crippen MR) is 65.3 cm³/mol. The van der Waals surface area contributed by atoms with Crippen LogP contribution in [0.15, 0.2) is 30.6 Å². The number of para-hydroxylation sites is 2. The second-order valence-corrected chi connectivity index (χ2v) is 3.54. The summed E-state index contributed by atoms with van der Waals surface area (Å²) in [5.41, 5.74) is 0.903. The van der Waals surface area contributed by atoms with E-state index in [9.17, 15) is 0 Å². The molecule has 1 heterocycles. The van der Waals surface area contributed by atoms with E-state index in [0.717, 1.165) is 23.8 Å². The van der Waals surface area contributed by atoms with Crippen LogP contribution in [0.25, 0.3) is 5.69 Å². The van der Waals surface area contributed by atoms with Crippen molar-refractivity contribution in [2.75, 3.05) is 13.7 Å². The van der Waals surface area contributed by atoms with Gasteiger partial charge in [-0.25, -0.2) is 9.67 Å². The van der Waals surface area contributed by atoms with Gasteiger partial charge in [-0.05, 0) is 18.7 Å². The monoisotopic (exact) mass is 232 g/mol. The topological polar surface area (TPSA) is 52.0 Å². The van der Waals surface area contributed by atoms with Crippen LogP contribution >= 0.6 is 0 Å².